The van der Waals surface area contributed by atoms with Crippen LogP contribution in [0.25, 0.3) is 0 Å². The van der Waals surface area contributed by atoms with Gasteiger partial charge in [0.15, 0.2) is 11.0 Å². The molecule has 0 aliphatic carbocycles. The number of rotatable bonds is 4. The topological polar surface area (TPSA) is 115 Å². The Balaban J connectivity index is 2.41. The normalized spacial score (nSPS) is 11.1. The molecular formula is C10H6ClFN4O4S. The first kappa shape index (κ1) is 15.1. The van der Waals surface area contributed by atoms with Gasteiger partial charge in [0, 0.05) is 12.1 Å². The molecule has 2 aromatic rings. The molecule has 11 heteroatoms. The van der Waals surface area contributed by atoms with Crippen LogP contribution in [0.3, 0.4) is 0 Å². The minimum atomic E-state index is -4.39. The van der Waals surface area contributed by atoms with Gasteiger partial charge in [0.2, 0.25) is 0 Å². The van der Waals surface area contributed by atoms with Crippen molar-refractivity contribution < 1.29 is 17.7 Å². The molecule has 0 saturated heterocycles. The van der Waals surface area contributed by atoms with E-state index in [0.29, 0.717) is 12.1 Å². The minimum Gasteiger partial charge on any atom is -0.262 e. The van der Waals surface area contributed by atoms with Crippen molar-refractivity contribution in [1.29, 1.82) is 0 Å². The van der Waals surface area contributed by atoms with Crippen LogP contribution in [-0.4, -0.2) is 23.5 Å². The molecule has 0 aliphatic rings. The highest BCUT2D eigenvalue weighted by molar-refractivity contribution is 7.92. The highest BCUT2D eigenvalue weighted by Crippen LogP contribution is 2.23. The van der Waals surface area contributed by atoms with Crippen LogP contribution in [0.1, 0.15) is 0 Å². The van der Waals surface area contributed by atoms with Crippen LogP contribution in [0.2, 0.25) is 5.15 Å². The smallest absolute Gasteiger partial charge is 0.262 e. The van der Waals surface area contributed by atoms with Crippen LogP contribution in [-0.2, 0) is 10.0 Å². The Hall–Kier alpha value is -2.33. The zero-order chi connectivity index (χ0) is 15.6. The highest BCUT2D eigenvalue weighted by Gasteiger charge is 2.23. The van der Waals surface area contributed by atoms with Gasteiger partial charge in [-0.3, -0.25) is 14.8 Å². The third kappa shape index (κ3) is 3.41. The number of non-ortho nitro benzene ring substituents is 1. The van der Waals surface area contributed by atoms with Gasteiger partial charge in [0.05, 0.1) is 4.92 Å². The maximum absolute atomic E-state index is 13.6. The van der Waals surface area contributed by atoms with Crippen LogP contribution < -0.4 is 4.72 Å². The highest BCUT2D eigenvalue weighted by atomic mass is 35.5. The number of benzene rings is 1. The molecule has 0 unspecified atom stereocenters. The predicted octanol–water partition coefficient (Wildman–Crippen LogP) is 1.98. The zero-order valence-electron chi connectivity index (χ0n) is 10.0. The molecule has 0 bridgehead atoms. The summed E-state index contributed by atoms with van der Waals surface area (Å²) in [5.74, 6) is -1.33. The largest absolute Gasteiger partial charge is 0.271 e. The van der Waals surface area contributed by atoms with E-state index in [9.17, 15) is 22.9 Å². The number of nitrogens with zero attached hydrogens (tertiary/aromatic N) is 3. The van der Waals surface area contributed by atoms with Crippen LogP contribution >= 0.6 is 11.6 Å². The molecule has 0 spiro atoms. The van der Waals surface area contributed by atoms with E-state index in [-0.39, 0.29) is 11.0 Å². The van der Waals surface area contributed by atoms with Crippen molar-refractivity contribution in [1.82, 2.24) is 10.2 Å². The van der Waals surface area contributed by atoms with E-state index in [0.717, 1.165) is 6.07 Å². The van der Waals surface area contributed by atoms with Crippen molar-refractivity contribution in [2.75, 3.05) is 4.72 Å². The Morgan fingerprint density at radius 2 is 1.95 bits per heavy atom. The molecule has 0 atom stereocenters. The Morgan fingerprint density at radius 3 is 2.52 bits per heavy atom. The number of hydrogen-bond donors (Lipinski definition) is 1. The van der Waals surface area contributed by atoms with E-state index < -0.39 is 31.3 Å². The zero-order valence-corrected chi connectivity index (χ0v) is 11.6. The van der Waals surface area contributed by atoms with Gasteiger partial charge >= 0.3 is 0 Å². The molecule has 1 aromatic heterocycles. The summed E-state index contributed by atoms with van der Waals surface area (Å²) in [6.45, 7) is 0. The number of nitrogens with one attached hydrogen (secondary N) is 1. The van der Waals surface area contributed by atoms with Crippen LogP contribution in [0, 0.1) is 15.9 Å². The average molecular weight is 333 g/mol. The fraction of sp³-hybridized carbons (Fsp3) is 0. The van der Waals surface area contributed by atoms with Crippen LogP contribution in [0.4, 0.5) is 15.9 Å². The van der Waals surface area contributed by atoms with Crippen molar-refractivity contribution in [3.8, 4) is 0 Å². The molecule has 0 radical (unpaired) electrons. The van der Waals surface area contributed by atoms with Crippen molar-refractivity contribution in [3.63, 3.8) is 0 Å². The number of hydrogen-bond acceptors (Lipinski definition) is 6. The second-order valence-electron chi connectivity index (χ2n) is 3.72. The van der Waals surface area contributed by atoms with Gasteiger partial charge in [-0.2, -0.15) is 0 Å². The van der Waals surface area contributed by atoms with Gasteiger partial charge in [-0.05, 0) is 18.2 Å². The molecule has 1 heterocycles. The molecule has 21 heavy (non-hydrogen) atoms. The molecule has 1 N–H and O–H groups in total. The van der Waals surface area contributed by atoms with Crippen molar-refractivity contribution >= 4 is 33.1 Å². The summed E-state index contributed by atoms with van der Waals surface area (Å²) in [5.41, 5.74) is -0.557. The summed E-state index contributed by atoms with van der Waals surface area (Å²) in [6.07, 6.45) is 0. The lowest BCUT2D eigenvalue weighted by Crippen LogP contribution is -2.16. The SMILES string of the molecule is O=[N+]([O-])c1ccc(F)c(S(=O)(=O)Nc2ccc(Cl)nn2)c1. The number of halogens is 2. The second kappa shape index (κ2) is 5.58. The van der Waals surface area contributed by atoms with Crippen LogP contribution in [0.15, 0.2) is 35.2 Å². The maximum atomic E-state index is 13.6. The van der Waals surface area contributed by atoms with E-state index in [1.54, 1.807) is 0 Å². The summed E-state index contributed by atoms with van der Waals surface area (Å²) < 4.78 is 39.6. The van der Waals surface area contributed by atoms with E-state index in [2.05, 4.69) is 10.2 Å². The van der Waals surface area contributed by atoms with E-state index in [4.69, 9.17) is 11.6 Å². The van der Waals surface area contributed by atoms with Gasteiger partial charge < -0.3 is 0 Å². The maximum Gasteiger partial charge on any atom is 0.271 e. The van der Waals surface area contributed by atoms with Gasteiger partial charge in [-0.1, -0.05) is 11.6 Å². The number of sulfonamides is 1. The fourth-order valence-corrected chi connectivity index (χ4v) is 2.57. The Bertz CT molecular complexity index is 797. The first-order chi connectivity index (χ1) is 9.79. The van der Waals surface area contributed by atoms with E-state index in [1.807, 2.05) is 4.72 Å². The van der Waals surface area contributed by atoms with E-state index in [1.165, 1.54) is 12.1 Å². The lowest BCUT2D eigenvalue weighted by Gasteiger charge is -2.07. The van der Waals surface area contributed by atoms with Gasteiger partial charge in [-0.15, -0.1) is 10.2 Å². The van der Waals surface area contributed by atoms with E-state index >= 15 is 0 Å². The summed E-state index contributed by atoms with van der Waals surface area (Å²) in [5, 5.41) is 17.5. The molecular weight excluding hydrogens is 327 g/mol. The number of anilines is 1. The lowest BCUT2D eigenvalue weighted by atomic mass is 10.3. The van der Waals surface area contributed by atoms with Crippen molar-refractivity contribution in [2.24, 2.45) is 0 Å². The predicted molar refractivity (Wildman–Crippen MR) is 70.9 cm³/mol. The number of aromatic nitrogens is 2. The van der Waals surface area contributed by atoms with Crippen molar-refractivity contribution in [3.05, 3.63) is 51.4 Å². The number of nitro benzene ring substituents is 1. The molecule has 110 valence electrons. The quantitative estimate of drug-likeness (QED) is 0.676. The Morgan fingerprint density at radius 1 is 1.24 bits per heavy atom. The molecule has 0 fully saturated rings. The first-order valence-electron chi connectivity index (χ1n) is 5.25. The molecule has 0 aliphatic heterocycles. The van der Waals surface area contributed by atoms with Gasteiger partial charge in [-0.25, -0.2) is 12.8 Å². The summed E-state index contributed by atoms with van der Waals surface area (Å²) in [6, 6.07) is 4.65. The third-order valence-corrected chi connectivity index (χ3v) is 3.86. The molecule has 0 amide bonds. The molecule has 1 aromatic carbocycles. The summed E-state index contributed by atoms with van der Waals surface area (Å²) in [7, 11) is -4.39. The standard InChI is InChI=1S/C10H6ClFN4O4S/c11-9-3-4-10(14-13-9)15-21(19,20)8-5-6(16(17)18)1-2-7(8)12/h1-5H,(H,14,15). The monoisotopic (exact) mass is 332 g/mol. The number of nitro groups is 1. The molecule has 2 rings (SSSR count). The average Bonchev–Trinajstić information content (AvgIpc) is 2.41. The molecule has 0 saturated carbocycles. The first-order valence-corrected chi connectivity index (χ1v) is 7.12. The third-order valence-electron chi connectivity index (χ3n) is 2.29. The lowest BCUT2D eigenvalue weighted by molar-refractivity contribution is -0.385. The minimum absolute atomic E-state index is 0.0412. The molecule has 8 nitrogen and oxygen atoms in total. The second-order valence-corrected chi connectivity index (χ2v) is 5.76. The Kier molecular flexibility index (Phi) is 4.00. The summed E-state index contributed by atoms with van der Waals surface area (Å²) >= 11 is 5.49. The Labute approximate surface area is 122 Å². The van der Waals surface area contributed by atoms with Gasteiger partial charge in [0.1, 0.15) is 10.7 Å². The fourth-order valence-electron chi connectivity index (χ4n) is 1.37. The summed E-state index contributed by atoms with van der Waals surface area (Å²) in [4.78, 5) is 8.92. The van der Waals surface area contributed by atoms with Crippen molar-refractivity contribution in [2.45, 2.75) is 4.90 Å². The van der Waals surface area contributed by atoms with Crippen LogP contribution in [0.5, 0.6) is 0 Å². The van der Waals surface area contributed by atoms with Gasteiger partial charge in [0.25, 0.3) is 15.7 Å².